The Morgan fingerprint density at radius 3 is 2.44 bits per heavy atom. The number of rotatable bonds is 2. The zero-order chi connectivity index (χ0) is 18.2. The highest BCUT2D eigenvalue weighted by Crippen LogP contribution is 2.35. The number of carbonyl (C=O) groups excluding carboxylic acids is 1. The second kappa shape index (κ2) is 6.45. The van der Waals surface area contributed by atoms with Gasteiger partial charge >= 0.3 is 0 Å². The first-order chi connectivity index (χ1) is 11.8. The minimum atomic E-state index is -0.599. The Morgan fingerprint density at radius 1 is 1.08 bits per heavy atom. The van der Waals surface area contributed by atoms with Crippen LogP contribution in [0.25, 0.3) is 22.2 Å². The highest BCUT2D eigenvalue weighted by Gasteiger charge is 2.23. The number of benzene rings is 2. The summed E-state index contributed by atoms with van der Waals surface area (Å²) < 4.78 is 14.9. The van der Waals surface area contributed by atoms with E-state index in [1.807, 2.05) is 26.8 Å². The van der Waals surface area contributed by atoms with Crippen molar-refractivity contribution in [2.45, 2.75) is 20.8 Å². The summed E-state index contributed by atoms with van der Waals surface area (Å²) in [6.07, 6.45) is 0. The lowest BCUT2D eigenvalue weighted by Gasteiger charge is -2.19. The average molecular weight is 357 g/mol. The minimum absolute atomic E-state index is 0.0255. The number of nitrogens with zero attached hydrogens (tertiary/aromatic N) is 1. The third-order valence-electron chi connectivity index (χ3n) is 3.88. The van der Waals surface area contributed by atoms with Crippen LogP contribution in [0.3, 0.4) is 0 Å². The molecule has 0 aliphatic rings. The lowest BCUT2D eigenvalue weighted by molar-refractivity contribution is -0.123. The monoisotopic (exact) mass is 356 g/mol. The molecule has 0 aliphatic carbocycles. The van der Waals surface area contributed by atoms with E-state index in [-0.39, 0.29) is 16.6 Å². The van der Waals surface area contributed by atoms with Crippen LogP contribution < -0.4 is 5.32 Å². The Hall–Kier alpha value is -2.46. The van der Waals surface area contributed by atoms with Gasteiger partial charge in [0.1, 0.15) is 5.69 Å². The van der Waals surface area contributed by atoms with Crippen LogP contribution in [0.15, 0.2) is 48.5 Å². The van der Waals surface area contributed by atoms with Gasteiger partial charge in [-0.2, -0.15) is 0 Å². The molecule has 0 radical (unpaired) electrons. The first-order valence-corrected chi connectivity index (χ1v) is 8.31. The molecule has 1 amide bonds. The second-order valence-corrected chi connectivity index (χ2v) is 7.23. The molecule has 0 saturated heterocycles. The van der Waals surface area contributed by atoms with E-state index >= 15 is 0 Å². The van der Waals surface area contributed by atoms with Gasteiger partial charge in [-0.3, -0.25) is 4.79 Å². The molecule has 25 heavy (non-hydrogen) atoms. The normalized spacial score (nSPS) is 11.6. The van der Waals surface area contributed by atoms with Crippen molar-refractivity contribution in [1.82, 2.24) is 4.98 Å². The quantitative estimate of drug-likeness (QED) is 0.642. The van der Waals surface area contributed by atoms with Gasteiger partial charge in [-0.05, 0) is 12.1 Å². The number of fused-ring (bicyclic) bond motifs is 1. The standard InChI is InChI=1S/C20H18ClFN2O/c1-20(2,3)19(25)24-15-11-7-5-9-13(15)18-17(22)16(21)12-8-4-6-10-14(12)23-18/h4-11H,1-3H3,(H,24,25). The molecule has 3 nitrogen and oxygen atoms in total. The molecule has 0 aliphatic heterocycles. The average Bonchev–Trinajstić information content (AvgIpc) is 2.58. The summed E-state index contributed by atoms with van der Waals surface area (Å²) in [6, 6.07) is 14.1. The van der Waals surface area contributed by atoms with Gasteiger partial charge in [0.2, 0.25) is 5.91 Å². The number of pyridine rings is 1. The number of aromatic nitrogens is 1. The molecule has 128 valence electrons. The number of hydrogen-bond acceptors (Lipinski definition) is 2. The van der Waals surface area contributed by atoms with E-state index in [1.54, 1.807) is 42.5 Å². The molecule has 0 spiro atoms. The number of carbonyl (C=O) groups is 1. The molecule has 5 heteroatoms. The fraction of sp³-hybridized carbons (Fsp3) is 0.200. The van der Waals surface area contributed by atoms with E-state index in [9.17, 15) is 9.18 Å². The summed E-state index contributed by atoms with van der Waals surface area (Å²) in [5.41, 5.74) is 1.14. The zero-order valence-corrected chi connectivity index (χ0v) is 15.0. The van der Waals surface area contributed by atoms with E-state index in [4.69, 9.17) is 11.6 Å². The highest BCUT2D eigenvalue weighted by molar-refractivity contribution is 6.35. The Labute approximate surface area is 150 Å². The van der Waals surface area contributed by atoms with Gasteiger partial charge in [-0.15, -0.1) is 0 Å². The van der Waals surface area contributed by atoms with Crippen molar-refractivity contribution >= 4 is 34.1 Å². The Kier molecular flexibility index (Phi) is 4.48. The maximum absolute atomic E-state index is 14.9. The molecule has 3 aromatic rings. The smallest absolute Gasteiger partial charge is 0.229 e. The molecule has 0 bridgehead atoms. The molecule has 1 heterocycles. The van der Waals surface area contributed by atoms with Crippen LogP contribution in [0.4, 0.5) is 10.1 Å². The van der Waals surface area contributed by atoms with Crippen molar-refractivity contribution in [2.75, 3.05) is 5.32 Å². The number of hydrogen-bond donors (Lipinski definition) is 1. The number of anilines is 1. The lowest BCUT2D eigenvalue weighted by Crippen LogP contribution is -2.27. The fourth-order valence-corrected chi connectivity index (χ4v) is 2.68. The third-order valence-corrected chi connectivity index (χ3v) is 4.25. The van der Waals surface area contributed by atoms with Crippen molar-refractivity contribution in [3.8, 4) is 11.3 Å². The van der Waals surface area contributed by atoms with Gasteiger partial charge in [0.05, 0.1) is 16.2 Å². The van der Waals surface area contributed by atoms with E-state index in [0.717, 1.165) is 0 Å². The summed E-state index contributed by atoms with van der Waals surface area (Å²) in [5.74, 6) is -0.759. The van der Waals surface area contributed by atoms with Crippen molar-refractivity contribution in [2.24, 2.45) is 5.41 Å². The fourth-order valence-electron chi connectivity index (χ4n) is 2.44. The summed E-state index contributed by atoms with van der Waals surface area (Å²) in [6.45, 7) is 5.45. The largest absolute Gasteiger partial charge is 0.325 e. The molecular formula is C20H18ClFN2O. The van der Waals surface area contributed by atoms with Crippen molar-refractivity contribution in [3.05, 3.63) is 59.4 Å². The first-order valence-electron chi connectivity index (χ1n) is 7.93. The predicted octanol–water partition coefficient (Wildman–Crippen LogP) is 5.68. The number of nitrogens with one attached hydrogen (secondary N) is 1. The third kappa shape index (κ3) is 3.35. The van der Waals surface area contributed by atoms with Crippen molar-refractivity contribution < 1.29 is 9.18 Å². The zero-order valence-electron chi connectivity index (χ0n) is 14.2. The summed E-state index contributed by atoms with van der Waals surface area (Å²) >= 11 is 6.21. The van der Waals surface area contributed by atoms with Crippen LogP contribution in [-0.4, -0.2) is 10.9 Å². The van der Waals surface area contributed by atoms with E-state index in [1.165, 1.54) is 0 Å². The SMILES string of the molecule is CC(C)(C)C(=O)Nc1ccccc1-c1nc2ccccc2c(Cl)c1F. The number of amides is 1. The van der Waals surface area contributed by atoms with Gasteiger partial charge in [0.15, 0.2) is 5.82 Å². The van der Waals surface area contributed by atoms with Crippen LogP contribution in [0.5, 0.6) is 0 Å². The maximum Gasteiger partial charge on any atom is 0.229 e. The van der Waals surface area contributed by atoms with Gasteiger partial charge in [0.25, 0.3) is 0 Å². The Morgan fingerprint density at radius 2 is 1.72 bits per heavy atom. The molecule has 0 atom stereocenters. The molecule has 0 saturated carbocycles. The Balaban J connectivity index is 2.16. The molecule has 2 aromatic carbocycles. The van der Waals surface area contributed by atoms with Crippen molar-refractivity contribution in [1.29, 1.82) is 0 Å². The van der Waals surface area contributed by atoms with E-state index < -0.39 is 11.2 Å². The Bertz CT molecular complexity index is 964. The maximum atomic E-state index is 14.9. The van der Waals surface area contributed by atoms with Crippen molar-refractivity contribution in [3.63, 3.8) is 0 Å². The molecular weight excluding hydrogens is 339 g/mol. The van der Waals surface area contributed by atoms with Gasteiger partial charge in [-0.1, -0.05) is 68.8 Å². The van der Waals surface area contributed by atoms with Crippen LogP contribution in [-0.2, 0) is 4.79 Å². The van der Waals surface area contributed by atoms with Crippen LogP contribution in [0, 0.1) is 11.2 Å². The van der Waals surface area contributed by atoms with Gasteiger partial charge < -0.3 is 5.32 Å². The summed E-state index contributed by atoms with van der Waals surface area (Å²) in [7, 11) is 0. The van der Waals surface area contributed by atoms with Gasteiger partial charge in [0, 0.05) is 16.4 Å². The second-order valence-electron chi connectivity index (χ2n) is 6.86. The first kappa shape index (κ1) is 17.4. The van der Waals surface area contributed by atoms with Crippen LogP contribution in [0.1, 0.15) is 20.8 Å². The summed E-state index contributed by atoms with van der Waals surface area (Å²) in [4.78, 5) is 16.8. The predicted molar refractivity (Wildman–Crippen MR) is 100 cm³/mol. The lowest BCUT2D eigenvalue weighted by atomic mass is 9.95. The molecule has 1 N–H and O–H groups in total. The van der Waals surface area contributed by atoms with Gasteiger partial charge in [-0.25, -0.2) is 9.37 Å². The minimum Gasteiger partial charge on any atom is -0.325 e. The number of para-hydroxylation sites is 2. The number of halogens is 2. The molecule has 0 unspecified atom stereocenters. The van der Waals surface area contributed by atoms with Crippen LogP contribution in [0.2, 0.25) is 5.02 Å². The topological polar surface area (TPSA) is 42.0 Å². The van der Waals surface area contributed by atoms with Crippen LogP contribution >= 0.6 is 11.6 Å². The van der Waals surface area contributed by atoms with E-state index in [0.29, 0.717) is 22.2 Å². The highest BCUT2D eigenvalue weighted by atomic mass is 35.5. The molecule has 0 fully saturated rings. The van der Waals surface area contributed by atoms with E-state index in [2.05, 4.69) is 10.3 Å². The summed E-state index contributed by atoms with van der Waals surface area (Å²) in [5, 5.41) is 3.44. The molecule has 3 rings (SSSR count). The molecule has 1 aromatic heterocycles.